The normalized spacial score (nSPS) is 23.7. The molecular formula is C17H26N2O6S. The van der Waals surface area contributed by atoms with Gasteiger partial charge >= 0.3 is 0 Å². The van der Waals surface area contributed by atoms with E-state index in [0.29, 0.717) is 18.8 Å². The first kappa shape index (κ1) is 20.8. The summed E-state index contributed by atoms with van der Waals surface area (Å²) in [6.07, 6.45) is -0.0769. The van der Waals surface area contributed by atoms with E-state index in [2.05, 4.69) is 10.0 Å². The fourth-order valence-electron chi connectivity index (χ4n) is 2.55. The monoisotopic (exact) mass is 386 g/mol. The zero-order valence-electron chi connectivity index (χ0n) is 15.2. The molecule has 146 valence electrons. The minimum atomic E-state index is -3.38. The standard InChI is InChI=1S/C17H26N2O6S/c1-17(2)24-10-9-23-14(12-19-26(3,21)22)15(25-17)11-18-16(20)13-7-5-4-6-8-13/h4-8,14-15,19H,9-12H2,1-3H3,(H,18,20)/t14-,15+/m1/s1. The van der Waals surface area contributed by atoms with Gasteiger partial charge in [-0.25, -0.2) is 13.1 Å². The number of sulfonamides is 1. The third-order valence-corrected chi connectivity index (χ3v) is 4.45. The molecule has 1 aromatic rings. The van der Waals surface area contributed by atoms with Gasteiger partial charge < -0.3 is 19.5 Å². The zero-order valence-corrected chi connectivity index (χ0v) is 16.0. The van der Waals surface area contributed by atoms with Crippen molar-refractivity contribution < 1.29 is 27.4 Å². The Morgan fingerprint density at radius 2 is 1.85 bits per heavy atom. The van der Waals surface area contributed by atoms with Crippen molar-refractivity contribution >= 4 is 15.9 Å². The molecule has 2 atom stereocenters. The highest BCUT2D eigenvalue weighted by molar-refractivity contribution is 7.88. The second-order valence-corrected chi connectivity index (χ2v) is 8.34. The lowest BCUT2D eigenvalue weighted by Gasteiger charge is -2.37. The Balaban J connectivity index is 2.06. The van der Waals surface area contributed by atoms with Crippen molar-refractivity contribution in [3.05, 3.63) is 35.9 Å². The fourth-order valence-corrected chi connectivity index (χ4v) is 3.02. The summed E-state index contributed by atoms with van der Waals surface area (Å²) < 4.78 is 42.5. The van der Waals surface area contributed by atoms with Crippen LogP contribution in [0.5, 0.6) is 0 Å². The molecule has 26 heavy (non-hydrogen) atoms. The van der Waals surface area contributed by atoms with Crippen LogP contribution in [0, 0.1) is 0 Å². The third-order valence-electron chi connectivity index (χ3n) is 3.76. The van der Waals surface area contributed by atoms with Crippen molar-refractivity contribution in [3.8, 4) is 0 Å². The Bertz CT molecular complexity index is 692. The quantitative estimate of drug-likeness (QED) is 0.738. The van der Waals surface area contributed by atoms with E-state index in [1.54, 1.807) is 38.1 Å². The number of carbonyl (C=O) groups excluding carboxylic acids is 1. The number of ether oxygens (including phenoxy) is 3. The van der Waals surface area contributed by atoms with E-state index >= 15 is 0 Å². The summed E-state index contributed by atoms with van der Waals surface area (Å²) in [4.78, 5) is 12.3. The molecule has 2 N–H and O–H groups in total. The van der Waals surface area contributed by atoms with Crippen molar-refractivity contribution in [1.82, 2.24) is 10.0 Å². The smallest absolute Gasteiger partial charge is 0.251 e. The van der Waals surface area contributed by atoms with Crippen molar-refractivity contribution in [2.75, 3.05) is 32.6 Å². The van der Waals surface area contributed by atoms with E-state index in [9.17, 15) is 13.2 Å². The van der Waals surface area contributed by atoms with Crippen LogP contribution in [-0.2, 0) is 24.2 Å². The van der Waals surface area contributed by atoms with Crippen molar-refractivity contribution in [2.45, 2.75) is 31.8 Å². The number of hydrogen-bond acceptors (Lipinski definition) is 6. The first-order valence-electron chi connectivity index (χ1n) is 8.37. The third kappa shape index (κ3) is 7.00. The SMILES string of the molecule is CC1(C)OCCO[C@H](CNS(C)(=O)=O)[C@H](CNC(=O)c2ccccc2)O1. The summed E-state index contributed by atoms with van der Waals surface area (Å²) >= 11 is 0. The van der Waals surface area contributed by atoms with Crippen LogP contribution in [0.4, 0.5) is 0 Å². The zero-order chi connectivity index (χ0) is 19.2. The van der Waals surface area contributed by atoms with Gasteiger partial charge in [-0.05, 0) is 26.0 Å². The summed E-state index contributed by atoms with van der Waals surface area (Å²) in [6.45, 7) is 4.35. The molecule has 9 heteroatoms. The molecule has 8 nitrogen and oxygen atoms in total. The summed E-state index contributed by atoms with van der Waals surface area (Å²) in [5.74, 6) is -1.13. The van der Waals surface area contributed by atoms with Gasteiger partial charge in [0, 0.05) is 18.7 Å². The predicted molar refractivity (Wildman–Crippen MR) is 96.3 cm³/mol. The molecule has 0 unspecified atom stereocenters. The molecule has 0 bridgehead atoms. The average Bonchev–Trinajstić information content (AvgIpc) is 2.56. The highest BCUT2D eigenvalue weighted by Gasteiger charge is 2.33. The topological polar surface area (TPSA) is 103 Å². The van der Waals surface area contributed by atoms with Gasteiger partial charge in [-0.1, -0.05) is 18.2 Å². The number of benzene rings is 1. The molecule has 1 amide bonds. The van der Waals surface area contributed by atoms with Crippen molar-refractivity contribution in [2.24, 2.45) is 0 Å². The van der Waals surface area contributed by atoms with Crippen LogP contribution in [0.15, 0.2) is 30.3 Å². The van der Waals surface area contributed by atoms with Crippen LogP contribution in [0.25, 0.3) is 0 Å². The predicted octanol–water partition coefficient (Wildman–Crippen LogP) is 0.502. The van der Waals surface area contributed by atoms with E-state index in [1.807, 2.05) is 6.07 Å². The van der Waals surface area contributed by atoms with E-state index in [4.69, 9.17) is 14.2 Å². The summed E-state index contributed by atoms with van der Waals surface area (Å²) in [7, 11) is -3.38. The Morgan fingerprint density at radius 3 is 2.50 bits per heavy atom. The van der Waals surface area contributed by atoms with E-state index in [1.165, 1.54) is 0 Å². The second kappa shape index (κ2) is 8.92. The molecule has 1 fully saturated rings. The second-order valence-electron chi connectivity index (χ2n) is 6.51. The lowest BCUT2D eigenvalue weighted by atomic mass is 10.1. The molecule has 0 aromatic heterocycles. The lowest BCUT2D eigenvalue weighted by Crippen LogP contribution is -2.52. The Labute approximate surface area is 154 Å². The van der Waals surface area contributed by atoms with Gasteiger partial charge in [0.05, 0.1) is 25.6 Å². The van der Waals surface area contributed by atoms with E-state index in [-0.39, 0.29) is 19.0 Å². The highest BCUT2D eigenvalue weighted by atomic mass is 32.2. The molecule has 1 saturated heterocycles. The van der Waals surface area contributed by atoms with Gasteiger partial charge in [0.25, 0.3) is 5.91 Å². The van der Waals surface area contributed by atoms with Gasteiger partial charge in [0.1, 0.15) is 6.10 Å². The minimum absolute atomic E-state index is 0.0424. The van der Waals surface area contributed by atoms with E-state index in [0.717, 1.165) is 6.26 Å². The minimum Gasteiger partial charge on any atom is -0.372 e. The maximum absolute atomic E-state index is 12.3. The number of nitrogens with one attached hydrogen (secondary N) is 2. The highest BCUT2D eigenvalue weighted by Crippen LogP contribution is 2.20. The molecule has 0 spiro atoms. The average molecular weight is 386 g/mol. The number of amides is 1. The molecule has 0 radical (unpaired) electrons. The van der Waals surface area contributed by atoms with E-state index < -0.39 is 28.0 Å². The van der Waals surface area contributed by atoms with Crippen LogP contribution < -0.4 is 10.0 Å². The van der Waals surface area contributed by atoms with Crippen molar-refractivity contribution in [3.63, 3.8) is 0 Å². The van der Waals surface area contributed by atoms with Gasteiger partial charge in [-0.15, -0.1) is 0 Å². The summed E-state index contributed by atoms with van der Waals surface area (Å²) in [5, 5.41) is 2.81. The van der Waals surface area contributed by atoms with Crippen molar-refractivity contribution in [1.29, 1.82) is 0 Å². The van der Waals surface area contributed by atoms with Gasteiger partial charge in [-0.3, -0.25) is 4.79 Å². The van der Waals surface area contributed by atoms with Gasteiger partial charge in [-0.2, -0.15) is 0 Å². The molecule has 1 aliphatic rings. The molecule has 0 aliphatic carbocycles. The fraction of sp³-hybridized carbons (Fsp3) is 0.588. The Hall–Kier alpha value is -1.52. The maximum atomic E-state index is 12.3. The number of rotatable bonds is 6. The maximum Gasteiger partial charge on any atom is 0.251 e. The van der Waals surface area contributed by atoms with Crippen LogP contribution >= 0.6 is 0 Å². The molecule has 1 aliphatic heterocycles. The van der Waals surface area contributed by atoms with Crippen LogP contribution in [-0.4, -0.2) is 64.9 Å². The number of carbonyl (C=O) groups is 1. The molecule has 1 heterocycles. The van der Waals surface area contributed by atoms with Gasteiger partial charge in [0.2, 0.25) is 10.0 Å². The first-order valence-corrected chi connectivity index (χ1v) is 10.3. The van der Waals surface area contributed by atoms with Gasteiger partial charge in [0.15, 0.2) is 5.79 Å². The largest absolute Gasteiger partial charge is 0.372 e. The molecular weight excluding hydrogens is 360 g/mol. The van der Waals surface area contributed by atoms with Crippen LogP contribution in [0.2, 0.25) is 0 Å². The van der Waals surface area contributed by atoms with Crippen LogP contribution in [0.1, 0.15) is 24.2 Å². The first-order chi connectivity index (χ1) is 12.2. The lowest BCUT2D eigenvalue weighted by molar-refractivity contribution is -0.277. The Kier molecular flexibility index (Phi) is 7.13. The molecule has 0 saturated carbocycles. The Morgan fingerprint density at radius 1 is 1.15 bits per heavy atom. The molecule has 1 aromatic carbocycles. The summed E-state index contributed by atoms with van der Waals surface area (Å²) in [5.41, 5.74) is 0.528. The number of hydrogen-bond donors (Lipinski definition) is 2. The molecule has 2 rings (SSSR count). The van der Waals surface area contributed by atoms with Crippen LogP contribution in [0.3, 0.4) is 0 Å². The summed E-state index contributed by atoms with van der Waals surface area (Å²) in [6, 6.07) is 8.80.